The van der Waals surface area contributed by atoms with Gasteiger partial charge in [0.05, 0.1) is 16.8 Å². The first-order chi connectivity index (χ1) is 10.7. The standard InChI is InChI=1S/C17H13BrN2O2/c1-11(16-14(18)7-4-10-20-16)22-17(21)13-5-2-8-15-12(13)6-3-9-19-15/h2-11H,1H3/t11-/m1/s1. The summed E-state index contributed by atoms with van der Waals surface area (Å²) in [4.78, 5) is 21.0. The number of ether oxygens (including phenoxy) is 1. The molecule has 1 aromatic carbocycles. The Labute approximate surface area is 136 Å². The zero-order chi connectivity index (χ0) is 15.5. The van der Waals surface area contributed by atoms with Crippen LogP contribution in [0.2, 0.25) is 0 Å². The van der Waals surface area contributed by atoms with Crippen molar-refractivity contribution in [1.29, 1.82) is 0 Å². The second-order valence-corrected chi connectivity index (χ2v) is 5.65. The molecular weight excluding hydrogens is 344 g/mol. The molecule has 4 nitrogen and oxygen atoms in total. The van der Waals surface area contributed by atoms with Gasteiger partial charge in [0.1, 0.15) is 6.10 Å². The Morgan fingerprint density at radius 1 is 1.09 bits per heavy atom. The van der Waals surface area contributed by atoms with E-state index in [9.17, 15) is 4.79 Å². The topological polar surface area (TPSA) is 52.1 Å². The van der Waals surface area contributed by atoms with Gasteiger partial charge in [-0.1, -0.05) is 12.1 Å². The maximum Gasteiger partial charge on any atom is 0.339 e. The predicted molar refractivity (Wildman–Crippen MR) is 87.5 cm³/mol. The summed E-state index contributed by atoms with van der Waals surface area (Å²) in [5.41, 5.74) is 1.96. The second-order valence-electron chi connectivity index (χ2n) is 4.79. The first-order valence-electron chi connectivity index (χ1n) is 6.82. The molecule has 3 aromatic rings. The lowest BCUT2D eigenvalue weighted by Gasteiger charge is -2.14. The monoisotopic (exact) mass is 356 g/mol. The minimum Gasteiger partial charge on any atom is -0.452 e. The summed E-state index contributed by atoms with van der Waals surface area (Å²) in [6, 6.07) is 12.8. The molecule has 0 saturated carbocycles. The van der Waals surface area contributed by atoms with Crippen LogP contribution >= 0.6 is 15.9 Å². The number of carbonyl (C=O) groups excluding carboxylic acids is 1. The lowest BCUT2D eigenvalue weighted by Crippen LogP contribution is -2.11. The highest BCUT2D eigenvalue weighted by atomic mass is 79.9. The number of benzene rings is 1. The Morgan fingerprint density at radius 2 is 1.86 bits per heavy atom. The largest absolute Gasteiger partial charge is 0.452 e. The first kappa shape index (κ1) is 14.7. The zero-order valence-electron chi connectivity index (χ0n) is 11.9. The molecule has 110 valence electrons. The Hall–Kier alpha value is -2.27. The number of fused-ring (bicyclic) bond motifs is 1. The van der Waals surface area contributed by atoms with E-state index in [4.69, 9.17) is 4.74 Å². The number of hydrogen-bond donors (Lipinski definition) is 0. The molecule has 1 atom stereocenters. The van der Waals surface area contributed by atoms with Crippen molar-refractivity contribution in [2.45, 2.75) is 13.0 Å². The number of nitrogens with zero attached hydrogens (tertiary/aromatic N) is 2. The quantitative estimate of drug-likeness (QED) is 0.656. The lowest BCUT2D eigenvalue weighted by molar-refractivity contribution is 0.0330. The van der Waals surface area contributed by atoms with Gasteiger partial charge in [0.15, 0.2) is 0 Å². The second kappa shape index (κ2) is 6.23. The average Bonchev–Trinajstić information content (AvgIpc) is 2.54. The summed E-state index contributed by atoms with van der Waals surface area (Å²) in [7, 11) is 0. The van der Waals surface area contributed by atoms with Gasteiger partial charge in [0.25, 0.3) is 0 Å². The van der Waals surface area contributed by atoms with Gasteiger partial charge in [-0.2, -0.15) is 0 Å². The molecule has 22 heavy (non-hydrogen) atoms. The number of pyridine rings is 2. The van der Waals surface area contributed by atoms with Gasteiger partial charge in [0, 0.05) is 22.3 Å². The van der Waals surface area contributed by atoms with E-state index in [1.54, 1.807) is 37.5 Å². The van der Waals surface area contributed by atoms with Crippen molar-refractivity contribution in [2.75, 3.05) is 0 Å². The maximum atomic E-state index is 12.5. The molecule has 0 bridgehead atoms. The van der Waals surface area contributed by atoms with Gasteiger partial charge in [-0.05, 0) is 53.2 Å². The number of aromatic nitrogens is 2. The molecule has 0 N–H and O–H groups in total. The van der Waals surface area contributed by atoms with Gasteiger partial charge in [-0.25, -0.2) is 4.79 Å². The fraction of sp³-hybridized carbons (Fsp3) is 0.118. The number of rotatable bonds is 3. The molecule has 5 heteroatoms. The van der Waals surface area contributed by atoms with E-state index in [2.05, 4.69) is 25.9 Å². The van der Waals surface area contributed by atoms with E-state index in [-0.39, 0.29) is 5.97 Å². The van der Waals surface area contributed by atoms with Gasteiger partial charge in [-0.3, -0.25) is 9.97 Å². The molecule has 0 aliphatic carbocycles. The van der Waals surface area contributed by atoms with E-state index in [1.807, 2.05) is 24.3 Å². The lowest BCUT2D eigenvalue weighted by atomic mass is 10.1. The van der Waals surface area contributed by atoms with E-state index in [0.717, 1.165) is 15.4 Å². The molecule has 0 saturated heterocycles. The summed E-state index contributed by atoms with van der Waals surface area (Å²) in [6.07, 6.45) is 2.92. The Morgan fingerprint density at radius 3 is 2.68 bits per heavy atom. The van der Waals surface area contributed by atoms with Crippen LogP contribution in [0.1, 0.15) is 29.1 Å². The van der Waals surface area contributed by atoms with Gasteiger partial charge < -0.3 is 4.74 Å². The van der Waals surface area contributed by atoms with Gasteiger partial charge in [-0.15, -0.1) is 0 Å². The number of esters is 1. The minimum absolute atomic E-state index is 0.386. The van der Waals surface area contributed by atoms with Gasteiger partial charge in [0.2, 0.25) is 0 Å². The molecule has 0 fully saturated rings. The first-order valence-corrected chi connectivity index (χ1v) is 7.61. The molecule has 2 heterocycles. The van der Waals surface area contributed by atoms with Crippen LogP contribution in [0.15, 0.2) is 59.3 Å². The van der Waals surface area contributed by atoms with Crippen molar-refractivity contribution < 1.29 is 9.53 Å². The fourth-order valence-corrected chi connectivity index (χ4v) is 2.84. The molecule has 2 aromatic heterocycles. The van der Waals surface area contributed by atoms with E-state index < -0.39 is 6.10 Å². The molecule has 0 spiro atoms. The van der Waals surface area contributed by atoms with Crippen molar-refractivity contribution in [1.82, 2.24) is 9.97 Å². The number of hydrogen-bond acceptors (Lipinski definition) is 4. The molecule has 0 radical (unpaired) electrons. The molecule has 3 rings (SSSR count). The summed E-state index contributed by atoms with van der Waals surface area (Å²) in [6.45, 7) is 1.80. The van der Waals surface area contributed by atoms with Crippen molar-refractivity contribution in [3.05, 3.63) is 70.6 Å². The minimum atomic E-state index is -0.449. The number of carbonyl (C=O) groups is 1. The highest BCUT2D eigenvalue weighted by molar-refractivity contribution is 9.10. The fourth-order valence-electron chi connectivity index (χ4n) is 2.26. The van der Waals surface area contributed by atoms with Crippen LogP contribution in [0.5, 0.6) is 0 Å². The Balaban J connectivity index is 1.89. The SMILES string of the molecule is C[C@@H](OC(=O)c1cccc2ncccc12)c1ncccc1Br. The van der Waals surface area contributed by atoms with Crippen molar-refractivity contribution in [3.63, 3.8) is 0 Å². The third kappa shape index (κ3) is 2.85. The molecule has 0 aliphatic heterocycles. The Bertz CT molecular complexity index is 830. The highest BCUT2D eigenvalue weighted by Crippen LogP contribution is 2.25. The maximum absolute atomic E-state index is 12.5. The van der Waals surface area contributed by atoms with Gasteiger partial charge >= 0.3 is 5.97 Å². The molecule has 0 amide bonds. The van der Waals surface area contributed by atoms with Crippen molar-refractivity contribution in [3.8, 4) is 0 Å². The van der Waals surface area contributed by atoms with Crippen LogP contribution in [0.3, 0.4) is 0 Å². The molecule has 0 unspecified atom stereocenters. The summed E-state index contributed by atoms with van der Waals surface area (Å²) in [5.74, 6) is -0.386. The zero-order valence-corrected chi connectivity index (χ0v) is 13.4. The van der Waals surface area contributed by atoms with E-state index in [1.165, 1.54) is 0 Å². The normalized spacial score (nSPS) is 12.1. The van der Waals surface area contributed by atoms with Crippen LogP contribution in [0.25, 0.3) is 10.9 Å². The predicted octanol–water partition coefficient (Wildman–Crippen LogP) is 4.31. The summed E-state index contributed by atoms with van der Waals surface area (Å²) >= 11 is 3.42. The Kier molecular flexibility index (Phi) is 4.15. The van der Waals surface area contributed by atoms with E-state index >= 15 is 0 Å². The molecular formula is C17H13BrN2O2. The smallest absolute Gasteiger partial charge is 0.339 e. The van der Waals surface area contributed by atoms with E-state index in [0.29, 0.717) is 11.3 Å². The average molecular weight is 357 g/mol. The highest BCUT2D eigenvalue weighted by Gasteiger charge is 2.18. The summed E-state index contributed by atoms with van der Waals surface area (Å²) < 4.78 is 6.37. The van der Waals surface area contributed by atoms with Crippen LogP contribution in [0, 0.1) is 0 Å². The van der Waals surface area contributed by atoms with Crippen LogP contribution in [-0.4, -0.2) is 15.9 Å². The van der Waals surface area contributed by atoms with Crippen molar-refractivity contribution >= 4 is 32.8 Å². The third-order valence-corrected chi connectivity index (χ3v) is 3.99. The van der Waals surface area contributed by atoms with Crippen LogP contribution in [-0.2, 0) is 4.74 Å². The van der Waals surface area contributed by atoms with Crippen molar-refractivity contribution in [2.24, 2.45) is 0 Å². The molecule has 0 aliphatic rings. The third-order valence-electron chi connectivity index (χ3n) is 3.32. The van der Waals surface area contributed by atoms with Crippen LogP contribution in [0.4, 0.5) is 0 Å². The van der Waals surface area contributed by atoms with Crippen LogP contribution < -0.4 is 0 Å². The summed E-state index contributed by atoms with van der Waals surface area (Å²) in [5, 5.41) is 0.780. The number of halogens is 1.